The van der Waals surface area contributed by atoms with Crippen LogP contribution in [0.15, 0.2) is 41.8 Å². The Bertz CT molecular complexity index is 581. The summed E-state index contributed by atoms with van der Waals surface area (Å²) in [5.74, 6) is 0. The number of hydrogen-bond donors (Lipinski definition) is 2. The molecule has 1 aromatic carbocycles. The molecule has 0 spiro atoms. The van der Waals surface area contributed by atoms with Gasteiger partial charge in [0.25, 0.3) is 0 Å². The van der Waals surface area contributed by atoms with Crippen LogP contribution in [-0.4, -0.2) is 42.9 Å². The third-order valence-electron chi connectivity index (χ3n) is 3.66. The molecule has 0 aliphatic carbocycles. The normalized spacial score (nSPS) is 20.6. The summed E-state index contributed by atoms with van der Waals surface area (Å²) in [7, 11) is 1.83. The smallest absolute Gasteiger partial charge is 0.416 e. The Labute approximate surface area is 144 Å². The van der Waals surface area contributed by atoms with Gasteiger partial charge in [-0.1, -0.05) is 23.4 Å². The summed E-state index contributed by atoms with van der Waals surface area (Å²) in [5, 5.41) is 11.7. The maximum Gasteiger partial charge on any atom is 0.416 e. The van der Waals surface area contributed by atoms with Gasteiger partial charge in [-0.25, -0.2) is 0 Å². The molecule has 0 amide bonds. The maximum absolute atomic E-state index is 12.9. The van der Waals surface area contributed by atoms with Gasteiger partial charge in [0.15, 0.2) is 6.73 Å². The zero-order chi connectivity index (χ0) is 16.9. The number of nitrogens with zero attached hydrogens (tertiary/aromatic N) is 2. The maximum atomic E-state index is 12.9. The van der Waals surface area contributed by atoms with Crippen LogP contribution in [0.2, 0.25) is 0 Å². The molecule has 2 unspecified atom stereocenters. The van der Waals surface area contributed by atoms with Crippen LogP contribution >= 0.6 is 0 Å². The van der Waals surface area contributed by atoms with E-state index < -0.39 is 11.7 Å². The molecular weight excluding hydrogens is 347 g/mol. The van der Waals surface area contributed by atoms with Crippen molar-refractivity contribution in [2.45, 2.75) is 18.8 Å². The van der Waals surface area contributed by atoms with E-state index in [-0.39, 0.29) is 43.9 Å². The number of hydrogen-bond acceptors (Lipinski definition) is 4. The second kappa shape index (κ2) is 8.91. The second-order valence-electron chi connectivity index (χ2n) is 5.22. The van der Waals surface area contributed by atoms with Crippen LogP contribution < -0.4 is 17.3 Å². The highest BCUT2D eigenvalue weighted by Gasteiger charge is 2.32. The number of quaternary nitrogens is 1. The first-order valence-corrected chi connectivity index (χ1v) is 7.09. The topological polar surface area (TPSA) is 49.5 Å². The molecule has 134 valence electrons. The van der Waals surface area contributed by atoms with Gasteiger partial charge in [-0.15, -0.1) is 0 Å². The minimum absolute atomic E-state index is 0. The first-order chi connectivity index (χ1) is 10.9. The molecule has 9 heteroatoms. The fourth-order valence-electron chi connectivity index (χ4n) is 2.45. The van der Waals surface area contributed by atoms with E-state index in [2.05, 4.69) is 5.16 Å². The van der Waals surface area contributed by atoms with Gasteiger partial charge in [0.05, 0.1) is 18.4 Å². The molecule has 2 atom stereocenters. The Morgan fingerprint density at radius 1 is 1.38 bits per heavy atom. The van der Waals surface area contributed by atoms with Crippen molar-refractivity contribution in [1.82, 2.24) is 4.90 Å². The molecule has 24 heavy (non-hydrogen) atoms. The van der Waals surface area contributed by atoms with Crippen LogP contribution in [0, 0.1) is 0 Å². The molecular formula is C15H19ClF3N3O2. The van der Waals surface area contributed by atoms with Gasteiger partial charge in [-0.2, -0.15) is 13.2 Å². The zero-order valence-corrected chi connectivity index (χ0v) is 13.8. The van der Waals surface area contributed by atoms with Crippen LogP contribution in [0.25, 0.3) is 0 Å². The second-order valence-corrected chi connectivity index (χ2v) is 5.22. The van der Waals surface area contributed by atoms with Gasteiger partial charge in [0.1, 0.15) is 12.4 Å². The standard InChI is InChI=1S/C15H18F3N3O2.ClH/c1-20-7-8-21(14(20)10-19-22)11-23-9-6-12-4-2-3-5-13(12)15(16,17)18;/h2-5,7-8,10,14,22H,6,9,11H2,1H3;1H/b19-10-;. The van der Waals surface area contributed by atoms with Gasteiger partial charge in [0.2, 0.25) is 6.17 Å². The molecule has 1 aromatic rings. The highest BCUT2D eigenvalue weighted by molar-refractivity contribution is 5.61. The van der Waals surface area contributed by atoms with Gasteiger partial charge < -0.3 is 27.3 Å². The van der Waals surface area contributed by atoms with E-state index in [1.54, 1.807) is 6.07 Å². The lowest BCUT2D eigenvalue weighted by Crippen LogP contribution is -3.12. The monoisotopic (exact) mass is 365 g/mol. The molecule has 0 radical (unpaired) electrons. The fourth-order valence-corrected chi connectivity index (χ4v) is 2.45. The Hall–Kier alpha value is -1.77. The van der Waals surface area contributed by atoms with E-state index in [4.69, 9.17) is 9.94 Å². The van der Waals surface area contributed by atoms with Gasteiger partial charge in [-0.05, 0) is 18.1 Å². The van der Waals surface area contributed by atoms with Crippen molar-refractivity contribution in [2.24, 2.45) is 5.16 Å². The van der Waals surface area contributed by atoms with Crippen molar-refractivity contribution in [2.75, 3.05) is 20.4 Å². The van der Waals surface area contributed by atoms with Crippen LogP contribution in [0.4, 0.5) is 13.2 Å². The van der Waals surface area contributed by atoms with Crippen molar-refractivity contribution in [3.8, 4) is 0 Å². The minimum atomic E-state index is -4.36. The number of halogens is 4. The number of rotatable bonds is 6. The van der Waals surface area contributed by atoms with E-state index >= 15 is 0 Å². The van der Waals surface area contributed by atoms with Crippen LogP contribution in [0.5, 0.6) is 0 Å². The van der Waals surface area contributed by atoms with Gasteiger partial charge >= 0.3 is 6.18 Å². The predicted molar refractivity (Wildman–Crippen MR) is 77.9 cm³/mol. The highest BCUT2D eigenvalue weighted by atomic mass is 35.5. The summed E-state index contributed by atoms with van der Waals surface area (Å²) in [6.07, 6.45) is 0.673. The van der Waals surface area contributed by atoms with Gasteiger partial charge in [0, 0.05) is 7.05 Å². The average molecular weight is 366 g/mol. The van der Waals surface area contributed by atoms with Crippen LogP contribution in [0.1, 0.15) is 11.1 Å². The van der Waals surface area contributed by atoms with Crippen molar-refractivity contribution in [3.63, 3.8) is 0 Å². The number of nitrogens with one attached hydrogen (secondary N) is 1. The molecule has 0 saturated heterocycles. The lowest BCUT2D eigenvalue weighted by molar-refractivity contribution is -0.885. The van der Waals surface area contributed by atoms with Crippen molar-refractivity contribution in [3.05, 3.63) is 47.8 Å². The summed E-state index contributed by atoms with van der Waals surface area (Å²) in [6.45, 7) is 0.447. The Morgan fingerprint density at radius 3 is 2.75 bits per heavy atom. The van der Waals surface area contributed by atoms with E-state index in [1.807, 2.05) is 24.3 Å². The molecule has 1 heterocycles. The zero-order valence-electron chi connectivity index (χ0n) is 13.0. The highest BCUT2D eigenvalue weighted by Crippen LogP contribution is 2.31. The third kappa shape index (κ3) is 5.12. The summed E-state index contributed by atoms with van der Waals surface area (Å²) in [4.78, 5) is 2.73. The van der Waals surface area contributed by atoms with E-state index in [1.165, 1.54) is 18.3 Å². The first-order valence-electron chi connectivity index (χ1n) is 7.09. The first kappa shape index (κ1) is 20.3. The van der Waals surface area contributed by atoms with Crippen molar-refractivity contribution in [1.29, 1.82) is 0 Å². The van der Waals surface area contributed by atoms with Gasteiger partial charge in [-0.3, -0.25) is 4.90 Å². The van der Waals surface area contributed by atoms with E-state index in [0.29, 0.717) is 0 Å². The van der Waals surface area contributed by atoms with Crippen molar-refractivity contribution < 1.29 is 40.4 Å². The molecule has 1 aliphatic heterocycles. The minimum Gasteiger partial charge on any atom is -1.00 e. The van der Waals surface area contributed by atoms with Crippen LogP contribution in [0.3, 0.4) is 0 Å². The molecule has 0 saturated carbocycles. The summed E-state index contributed by atoms with van der Waals surface area (Å²) in [5.41, 5.74) is -0.403. The van der Waals surface area contributed by atoms with Crippen LogP contribution in [-0.2, 0) is 17.3 Å². The van der Waals surface area contributed by atoms with E-state index in [9.17, 15) is 13.2 Å². The summed E-state index contributed by atoms with van der Waals surface area (Å²) < 4.78 is 44.1. The summed E-state index contributed by atoms with van der Waals surface area (Å²) >= 11 is 0. The van der Waals surface area contributed by atoms with Crippen molar-refractivity contribution >= 4 is 6.21 Å². The molecule has 0 bridgehead atoms. The molecule has 2 N–H and O–H groups in total. The fraction of sp³-hybridized carbons (Fsp3) is 0.400. The molecule has 1 aliphatic rings. The quantitative estimate of drug-likeness (QED) is 0.274. The Kier molecular flexibility index (Phi) is 7.53. The predicted octanol–water partition coefficient (Wildman–Crippen LogP) is -1.69. The molecule has 0 aromatic heterocycles. The Morgan fingerprint density at radius 2 is 2.08 bits per heavy atom. The molecule has 5 nitrogen and oxygen atoms in total. The third-order valence-corrected chi connectivity index (χ3v) is 3.66. The van der Waals surface area contributed by atoms with E-state index in [0.717, 1.165) is 11.0 Å². The Balaban J connectivity index is 0.00000288. The lowest BCUT2D eigenvalue weighted by atomic mass is 10.0. The summed E-state index contributed by atoms with van der Waals surface area (Å²) in [6, 6.07) is 5.50. The average Bonchev–Trinajstić information content (AvgIpc) is 2.84. The SMILES string of the molecule is CN1C=C[NH+](COCCc2ccccc2C(F)(F)F)C1/C=N\O.[Cl-]. The lowest BCUT2D eigenvalue weighted by Gasteiger charge is -2.21. The number of benzene rings is 1. The molecule has 0 fully saturated rings. The number of ether oxygens (including phenoxy) is 1. The molecule has 2 rings (SSSR count). The number of alkyl halides is 3. The largest absolute Gasteiger partial charge is 1.00 e. The number of oxime groups is 1.